The molecule has 0 aromatic carbocycles. The zero-order valence-electron chi connectivity index (χ0n) is 11.5. The topological polar surface area (TPSA) is 86.8 Å². The summed E-state index contributed by atoms with van der Waals surface area (Å²) < 4.78 is 5.07. The highest BCUT2D eigenvalue weighted by Crippen LogP contribution is 2.36. The van der Waals surface area contributed by atoms with Crippen LogP contribution in [0.2, 0.25) is 0 Å². The molecule has 6 heteroatoms. The van der Waals surface area contributed by atoms with Crippen LogP contribution in [0, 0.1) is 18.8 Å². The first kappa shape index (κ1) is 13.6. The Labute approximate surface area is 117 Å². The van der Waals surface area contributed by atoms with Crippen LogP contribution in [-0.4, -0.2) is 51.5 Å². The van der Waals surface area contributed by atoms with Gasteiger partial charge >= 0.3 is 0 Å². The molecule has 1 saturated carbocycles. The Morgan fingerprint density at radius 1 is 1.35 bits per heavy atom. The van der Waals surface area contributed by atoms with Crippen LogP contribution in [0.25, 0.3) is 0 Å². The third-order valence-corrected chi connectivity index (χ3v) is 4.46. The maximum absolute atomic E-state index is 12.2. The lowest BCUT2D eigenvalue weighted by Crippen LogP contribution is -2.38. The van der Waals surface area contributed by atoms with E-state index >= 15 is 0 Å². The van der Waals surface area contributed by atoms with Crippen molar-refractivity contribution < 1.29 is 19.5 Å². The van der Waals surface area contributed by atoms with E-state index in [2.05, 4.69) is 5.16 Å². The Morgan fingerprint density at radius 3 is 2.45 bits per heavy atom. The molecule has 2 fully saturated rings. The lowest BCUT2D eigenvalue weighted by atomic mass is 9.79. The average molecular weight is 280 g/mol. The van der Waals surface area contributed by atoms with Crippen LogP contribution >= 0.6 is 0 Å². The number of aryl methyl sites for hydroxylation is 1. The minimum absolute atomic E-state index is 0.0273. The highest BCUT2D eigenvalue weighted by molar-refractivity contribution is 5.78. The van der Waals surface area contributed by atoms with Crippen LogP contribution in [0.5, 0.6) is 0 Å². The van der Waals surface area contributed by atoms with Crippen molar-refractivity contribution in [2.45, 2.75) is 38.4 Å². The molecule has 0 spiro atoms. The van der Waals surface area contributed by atoms with Crippen LogP contribution in [0.4, 0.5) is 0 Å². The molecule has 0 radical (unpaired) electrons. The number of fused-ring (bicyclic) bond motifs is 1. The average Bonchev–Trinajstić information content (AvgIpc) is 2.96. The van der Waals surface area contributed by atoms with Crippen molar-refractivity contribution in [3.8, 4) is 0 Å². The van der Waals surface area contributed by atoms with Crippen molar-refractivity contribution in [2.24, 2.45) is 11.8 Å². The van der Waals surface area contributed by atoms with Gasteiger partial charge in [0.25, 0.3) is 0 Å². The van der Waals surface area contributed by atoms with E-state index in [4.69, 9.17) is 4.52 Å². The Morgan fingerprint density at radius 2 is 1.95 bits per heavy atom. The summed E-state index contributed by atoms with van der Waals surface area (Å²) in [7, 11) is 0. The summed E-state index contributed by atoms with van der Waals surface area (Å²) in [6.07, 6.45) is 0.0888. The van der Waals surface area contributed by atoms with Crippen molar-refractivity contribution >= 4 is 5.91 Å². The summed E-state index contributed by atoms with van der Waals surface area (Å²) in [6, 6.07) is 1.77. The molecule has 20 heavy (non-hydrogen) atoms. The van der Waals surface area contributed by atoms with Gasteiger partial charge in [0, 0.05) is 19.2 Å². The van der Waals surface area contributed by atoms with Crippen LogP contribution in [0.1, 0.15) is 24.3 Å². The molecule has 1 amide bonds. The quantitative estimate of drug-likeness (QED) is 0.803. The second kappa shape index (κ2) is 5.18. The first-order valence-electron chi connectivity index (χ1n) is 7.09. The normalized spacial score (nSPS) is 33.2. The molecule has 2 aliphatic rings. The molecule has 1 aliphatic heterocycles. The molecule has 2 N–H and O–H groups in total. The molecule has 1 saturated heterocycles. The number of aromatic nitrogens is 1. The van der Waals surface area contributed by atoms with Gasteiger partial charge in [-0.05, 0) is 31.6 Å². The number of nitrogens with zero attached hydrogens (tertiary/aromatic N) is 2. The van der Waals surface area contributed by atoms with Crippen LogP contribution < -0.4 is 0 Å². The fourth-order valence-electron chi connectivity index (χ4n) is 3.37. The van der Waals surface area contributed by atoms with E-state index in [1.54, 1.807) is 6.07 Å². The van der Waals surface area contributed by atoms with Gasteiger partial charge in [0.2, 0.25) is 5.91 Å². The van der Waals surface area contributed by atoms with E-state index in [9.17, 15) is 15.0 Å². The predicted octanol–water partition coefficient (Wildman–Crippen LogP) is 0.116. The summed E-state index contributed by atoms with van der Waals surface area (Å²) in [5, 5.41) is 23.2. The van der Waals surface area contributed by atoms with Gasteiger partial charge in [-0.15, -0.1) is 0 Å². The van der Waals surface area contributed by atoms with Gasteiger partial charge in [0.05, 0.1) is 24.3 Å². The number of carbonyl (C=O) groups excluding carboxylic acids is 1. The summed E-state index contributed by atoms with van der Waals surface area (Å²) in [4.78, 5) is 14.1. The van der Waals surface area contributed by atoms with Gasteiger partial charge in [-0.2, -0.15) is 0 Å². The smallest absolute Gasteiger partial charge is 0.230 e. The number of aliphatic hydroxyl groups excluding tert-OH is 2. The number of likely N-dealkylation sites (tertiary alicyclic amines) is 1. The van der Waals surface area contributed by atoms with Crippen molar-refractivity contribution in [3.63, 3.8) is 0 Å². The molecular weight excluding hydrogens is 260 g/mol. The van der Waals surface area contributed by atoms with E-state index < -0.39 is 12.2 Å². The third-order valence-electron chi connectivity index (χ3n) is 4.46. The van der Waals surface area contributed by atoms with Crippen molar-refractivity contribution in [1.29, 1.82) is 0 Å². The number of hydrogen-bond acceptors (Lipinski definition) is 5. The van der Waals surface area contributed by atoms with E-state index in [1.807, 2.05) is 11.8 Å². The zero-order valence-corrected chi connectivity index (χ0v) is 11.5. The van der Waals surface area contributed by atoms with Gasteiger partial charge in [-0.3, -0.25) is 4.79 Å². The molecule has 6 nitrogen and oxygen atoms in total. The Balaban J connectivity index is 1.60. The van der Waals surface area contributed by atoms with E-state index in [0.29, 0.717) is 43.5 Å². The summed E-state index contributed by atoms with van der Waals surface area (Å²) >= 11 is 0. The molecule has 1 aliphatic carbocycles. The summed E-state index contributed by atoms with van der Waals surface area (Å²) in [5.41, 5.74) is 0.772. The van der Waals surface area contributed by atoms with Crippen LogP contribution in [-0.2, 0) is 11.2 Å². The Hall–Kier alpha value is -1.40. The summed E-state index contributed by atoms with van der Waals surface area (Å²) in [5.74, 6) is 1.21. The fraction of sp³-hybridized carbons (Fsp3) is 0.714. The number of carbonyl (C=O) groups is 1. The minimum Gasteiger partial charge on any atom is -0.390 e. The van der Waals surface area contributed by atoms with Gasteiger partial charge in [0.15, 0.2) is 0 Å². The Bertz CT molecular complexity index is 483. The molecule has 110 valence electrons. The second-order valence-corrected chi connectivity index (χ2v) is 6.04. The van der Waals surface area contributed by atoms with E-state index in [-0.39, 0.29) is 12.3 Å². The first-order chi connectivity index (χ1) is 9.52. The molecule has 0 bridgehead atoms. The van der Waals surface area contributed by atoms with Gasteiger partial charge < -0.3 is 19.6 Å². The predicted molar refractivity (Wildman–Crippen MR) is 69.8 cm³/mol. The van der Waals surface area contributed by atoms with Crippen molar-refractivity contribution in [2.75, 3.05) is 13.1 Å². The van der Waals surface area contributed by atoms with Crippen molar-refractivity contribution in [3.05, 3.63) is 17.5 Å². The monoisotopic (exact) mass is 280 g/mol. The lowest BCUT2D eigenvalue weighted by Gasteiger charge is -2.31. The lowest BCUT2D eigenvalue weighted by molar-refractivity contribution is -0.130. The van der Waals surface area contributed by atoms with Crippen molar-refractivity contribution in [1.82, 2.24) is 10.1 Å². The highest BCUT2D eigenvalue weighted by Gasteiger charge is 2.42. The van der Waals surface area contributed by atoms with Gasteiger partial charge in [0.1, 0.15) is 5.76 Å². The molecule has 3 rings (SSSR count). The van der Waals surface area contributed by atoms with E-state index in [1.165, 1.54) is 0 Å². The van der Waals surface area contributed by atoms with Gasteiger partial charge in [-0.25, -0.2) is 0 Å². The molecular formula is C14H20N2O4. The molecule has 4 atom stereocenters. The molecule has 2 heterocycles. The fourth-order valence-corrected chi connectivity index (χ4v) is 3.37. The minimum atomic E-state index is -0.650. The van der Waals surface area contributed by atoms with Gasteiger partial charge in [-0.1, -0.05) is 5.16 Å². The number of aliphatic hydroxyl groups is 2. The third kappa shape index (κ3) is 2.58. The maximum Gasteiger partial charge on any atom is 0.230 e. The molecule has 1 aromatic heterocycles. The number of rotatable bonds is 2. The zero-order chi connectivity index (χ0) is 14.3. The highest BCUT2D eigenvalue weighted by atomic mass is 16.5. The SMILES string of the molecule is Cc1cc(CC(=O)N2C[C@H]3C[C@H](O)[C@@H](O)C[C@H]3C2)on1. The Kier molecular flexibility index (Phi) is 3.52. The summed E-state index contributed by atoms with van der Waals surface area (Å²) in [6.45, 7) is 3.16. The van der Waals surface area contributed by atoms with Crippen LogP contribution in [0.15, 0.2) is 10.6 Å². The first-order valence-corrected chi connectivity index (χ1v) is 7.09. The second-order valence-electron chi connectivity index (χ2n) is 6.04. The number of hydrogen-bond donors (Lipinski definition) is 2. The largest absolute Gasteiger partial charge is 0.390 e. The molecule has 1 aromatic rings. The number of amides is 1. The van der Waals surface area contributed by atoms with E-state index in [0.717, 1.165) is 5.69 Å². The standard InChI is InChI=1S/C14H20N2O4/c1-8-2-11(20-15-8)5-14(19)16-6-9-3-12(17)13(18)4-10(9)7-16/h2,9-10,12-13,17-18H,3-7H2,1H3/t9-,10+,12-,13-/m0/s1. The molecule has 0 unspecified atom stereocenters. The maximum atomic E-state index is 12.2. The van der Waals surface area contributed by atoms with Crippen LogP contribution in [0.3, 0.4) is 0 Å².